The van der Waals surface area contributed by atoms with E-state index in [-0.39, 0.29) is 12.5 Å². The van der Waals surface area contributed by atoms with Gasteiger partial charge in [0.05, 0.1) is 32.2 Å². The molecule has 4 aromatic heterocycles. The van der Waals surface area contributed by atoms with Gasteiger partial charge in [-0.1, -0.05) is 6.92 Å². The highest BCUT2D eigenvalue weighted by Gasteiger charge is 2.13. The highest BCUT2D eigenvalue weighted by Crippen LogP contribution is 2.30. The summed E-state index contributed by atoms with van der Waals surface area (Å²) >= 11 is 1.64. The molecule has 0 bridgehead atoms. The van der Waals surface area contributed by atoms with Crippen molar-refractivity contribution in [2.75, 3.05) is 25.6 Å². The van der Waals surface area contributed by atoms with E-state index in [4.69, 9.17) is 9.84 Å². The van der Waals surface area contributed by atoms with Crippen LogP contribution >= 0.6 is 11.3 Å². The average Bonchev–Trinajstić information content (AvgIpc) is 3.39. The van der Waals surface area contributed by atoms with Crippen molar-refractivity contribution in [1.82, 2.24) is 24.7 Å². The van der Waals surface area contributed by atoms with Gasteiger partial charge in [-0.15, -0.1) is 11.3 Å². The summed E-state index contributed by atoms with van der Waals surface area (Å²) in [6.07, 6.45) is 5.06. The van der Waals surface area contributed by atoms with Crippen molar-refractivity contribution >= 4 is 28.2 Å². The summed E-state index contributed by atoms with van der Waals surface area (Å²) in [5.41, 5.74) is 3.61. The molecule has 8 nitrogen and oxygen atoms in total. The van der Waals surface area contributed by atoms with Gasteiger partial charge in [-0.3, -0.25) is 0 Å². The second-order valence-corrected chi connectivity index (χ2v) is 7.44. The van der Waals surface area contributed by atoms with Crippen LogP contribution in [0.5, 0.6) is 5.75 Å². The first-order chi connectivity index (χ1) is 14.2. The molecule has 4 rings (SSSR count). The molecule has 150 valence electrons. The Labute approximate surface area is 172 Å². The van der Waals surface area contributed by atoms with E-state index in [0.29, 0.717) is 6.54 Å². The van der Waals surface area contributed by atoms with Gasteiger partial charge in [0, 0.05) is 46.6 Å². The number of pyridine rings is 1. The minimum Gasteiger partial charge on any atom is -0.496 e. The average molecular weight is 411 g/mol. The highest BCUT2D eigenvalue weighted by molar-refractivity contribution is 7.08. The highest BCUT2D eigenvalue weighted by atomic mass is 32.1. The van der Waals surface area contributed by atoms with Crippen LogP contribution in [-0.2, 0) is 6.54 Å². The molecule has 0 fully saturated rings. The Morgan fingerprint density at radius 2 is 2.10 bits per heavy atom. The summed E-state index contributed by atoms with van der Waals surface area (Å²) in [5, 5.41) is 21.8. The molecule has 0 radical (unpaired) electrons. The Kier molecular flexibility index (Phi) is 5.68. The number of aromatic nitrogens is 5. The van der Waals surface area contributed by atoms with E-state index in [2.05, 4.69) is 37.7 Å². The fourth-order valence-corrected chi connectivity index (χ4v) is 4.09. The van der Waals surface area contributed by atoms with Crippen LogP contribution < -0.4 is 10.1 Å². The van der Waals surface area contributed by atoms with Crippen molar-refractivity contribution < 1.29 is 9.84 Å². The van der Waals surface area contributed by atoms with Crippen molar-refractivity contribution in [1.29, 1.82) is 0 Å². The van der Waals surface area contributed by atoms with Crippen LogP contribution in [0.2, 0.25) is 0 Å². The Hall–Kier alpha value is -3.04. The Morgan fingerprint density at radius 3 is 2.93 bits per heavy atom. The van der Waals surface area contributed by atoms with Crippen LogP contribution in [0.1, 0.15) is 18.4 Å². The van der Waals surface area contributed by atoms with Crippen LogP contribution in [0.3, 0.4) is 0 Å². The van der Waals surface area contributed by atoms with Crippen molar-refractivity contribution in [2.24, 2.45) is 0 Å². The SMILES string of the molecule is COc1cscc1C(C)CNc1cc(-c2cnc3c(cnn3CCO)c2)ncn1. The number of aliphatic hydroxyl groups excluding tert-OH is 1. The van der Waals surface area contributed by atoms with Gasteiger partial charge < -0.3 is 15.2 Å². The zero-order valence-corrected chi connectivity index (χ0v) is 17.1. The van der Waals surface area contributed by atoms with Gasteiger partial charge in [0.2, 0.25) is 0 Å². The molecule has 0 saturated heterocycles. The number of aliphatic hydroxyl groups is 1. The molecular formula is C20H22N6O2S. The number of nitrogens with one attached hydrogen (secondary N) is 1. The maximum absolute atomic E-state index is 9.12. The summed E-state index contributed by atoms with van der Waals surface area (Å²) in [7, 11) is 1.70. The van der Waals surface area contributed by atoms with Crippen LogP contribution in [0.4, 0.5) is 5.82 Å². The quantitative estimate of drug-likeness (QED) is 0.460. The Balaban J connectivity index is 1.50. The molecule has 1 atom stereocenters. The van der Waals surface area contributed by atoms with Gasteiger partial charge in [-0.25, -0.2) is 19.6 Å². The van der Waals surface area contributed by atoms with Gasteiger partial charge in [0.15, 0.2) is 5.65 Å². The smallest absolute Gasteiger partial charge is 0.157 e. The lowest BCUT2D eigenvalue weighted by molar-refractivity contribution is 0.271. The lowest BCUT2D eigenvalue weighted by atomic mass is 10.0. The minimum absolute atomic E-state index is 0.0246. The van der Waals surface area contributed by atoms with E-state index in [1.165, 1.54) is 5.56 Å². The van der Waals surface area contributed by atoms with Gasteiger partial charge in [0.1, 0.15) is 17.9 Å². The van der Waals surface area contributed by atoms with Crippen molar-refractivity contribution in [3.8, 4) is 17.0 Å². The van der Waals surface area contributed by atoms with Gasteiger partial charge in [-0.2, -0.15) is 5.10 Å². The number of hydrogen-bond acceptors (Lipinski definition) is 8. The summed E-state index contributed by atoms with van der Waals surface area (Å²) in [6, 6.07) is 3.91. The number of hydrogen-bond donors (Lipinski definition) is 2. The predicted molar refractivity (Wildman–Crippen MR) is 113 cm³/mol. The molecule has 1 unspecified atom stereocenters. The zero-order chi connectivity index (χ0) is 20.2. The van der Waals surface area contributed by atoms with Crippen LogP contribution in [0.25, 0.3) is 22.3 Å². The normalized spacial score (nSPS) is 12.2. The van der Waals surface area contributed by atoms with Gasteiger partial charge >= 0.3 is 0 Å². The first kappa shape index (κ1) is 19.3. The van der Waals surface area contributed by atoms with Gasteiger partial charge in [0.25, 0.3) is 0 Å². The monoisotopic (exact) mass is 410 g/mol. The molecule has 29 heavy (non-hydrogen) atoms. The molecule has 0 spiro atoms. The standard InChI is InChI=1S/C20H22N6O2S/c1-13(16-10-29-11-18(16)28-2)7-21-19-6-17(23-12-24-19)14-5-15-9-25-26(3-4-27)20(15)22-8-14/h5-6,8-13,27H,3-4,7H2,1-2H3,(H,21,23,24). The molecule has 0 saturated carbocycles. The number of fused-ring (bicyclic) bond motifs is 1. The molecule has 9 heteroatoms. The number of ether oxygens (including phenoxy) is 1. The number of anilines is 1. The van der Waals surface area contributed by atoms with E-state index in [1.54, 1.807) is 41.8 Å². The molecule has 2 N–H and O–H groups in total. The Bertz CT molecular complexity index is 1110. The molecule has 0 aliphatic heterocycles. The van der Waals surface area contributed by atoms with E-state index in [1.807, 2.05) is 17.5 Å². The molecule has 4 heterocycles. The summed E-state index contributed by atoms with van der Waals surface area (Å²) < 4.78 is 7.10. The molecule has 0 aromatic carbocycles. The first-order valence-corrected chi connectivity index (χ1v) is 10.2. The largest absolute Gasteiger partial charge is 0.496 e. The van der Waals surface area contributed by atoms with E-state index >= 15 is 0 Å². The van der Waals surface area contributed by atoms with Crippen LogP contribution in [-0.4, -0.2) is 50.1 Å². The van der Waals surface area contributed by atoms with E-state index in [0.717, 1.165) is 40.4 Å². The maximum atomic E-state index is 9.12. The minimum atomic E-state index is 0.0246. The third kappa shape index (κ3) is 4.06. The first-order valence-electron chi connectivity index (χ1n) is 9.28. The molecular weight excluding hydrogens is 388 g/mol. The topological polar surface area (TPSA) is 98.0 Å². The number of rotatable bonds is 8. The Morgan fingerprint density at radius 1 is 1.21 bits per heavy atom. The molecule has 4 aromatic rings. The van der Waals surface area contributed by atoms with E-state index in [9.17, 15) is 0 Å². The van der Waals surface area contributed by atoms with Crippen molar-refractivity contribution in [2.45, 2.75) is 19.4 Å². The third-order valence-corrected chi connectivity index (χ3v) is 5.49. The van der Waals surface area contributed by atoms with E-state index < -0.39 is 0 Å². The van der Waals surface area contributed by atoms with Crippen LogP contribution in [0.15, 0.2) is 41.6 Å². The molecule has 0 aliphatic carbocycles. The summed E-state index contributed by atoms with van der Waals surface area (Å²) in [6.45, 7) is 3.33. The van der Waals surface area contributed by atoms with Gasteiger partial charge in [-0.05, 0) is 11.4 Å². The molecule has 0 amide bonds. The lowest BCUT2D eigenvalue weighted by Gasteiger charge is -2.14. The predicted octanol–water partition coefficient (Wildman–Crippen LogP) is 3.17. The summed E-state index contributed by atoms with van der Waals surface area (Å²) in [5.74, 6) is 1.96. The number of methoxy groups -OCH3 is 1. The van der Waals surface area contributed by atoms with Crippen molar-refractivity contribution in [3.05, 3.63) is 47.2 Å². The fraction of sp³-hybridized carbons (Fsp3) is 0.300. The zero-order valence-electron chi connectivity index (χ0n) is 16.2. The van der Waals surface area contributed by atoms with Crippen LogP contribution in [0, 0.1) is 0 Å². The second-order valence-electron chi connectivity index (χ2n) is 6.69. The number of thiophene rings is 1. The number of nitrogens with zero attached hydrogens (tertiary/aromatic N) is 5. The fourth-order valence-electron chi connectivity index (χ4n) is 3.17. The summed E-state index contributed by atoms with van der Waals surface area (Å²) in [4.78, 5) is 13.2. The lowest BCUT2D eigenvalue weighted by Crippen LogP contribution is -2.11. The second kappa shape index (κ2) is 8.54. The van der Waals surface area contributed by atoms with Crippen molar-refractivity contribution in [3.63, 3.8) is 0 Å². The third-order valence-electron chi connectivity index (χ3n) is 4.75. The molecule has 0 aliphatic rings. The maximum Gasteiger partial charge on any atom is 0.157 e.